The fraction of sp³-hybridized carbons (Fsp3) is 0.588. The van der Waals surface area contributed by atoms with Gasteiger partial charge in [-0.05, 0) is 36.5 Å². The Morgan fingerprint density at radius 1 is 1.26 bits per heavy atom. The standard InChI is InChI=1S/C17H24N2O4/c1-11(2)15(20)17(5-6-17)9-19-16(21)18-8-12-3-4-13-14(7-12)23-10-22-13/h3-4,7,11,15,20H,5-6,8-10H2,1-2H3,(H2,18,19,21)/t15-/m0/s1. The minimum atomic E-state index is -0.364. The highest BCUT2D eigenvalue weighted by atomic mass is 16.7. The first-order valence-corrected chi connectivity index (χ1v) is 8.08. The maximum atomic E-state index is 12.0. The van der Waals surface area contributed by atoms with Crippen LogP contribution in [0.3, 0.4) is 0 Å². The van der Waals surface area contributed by atoms with Crippen LogP contribution in [-0.2, 0) is 6.54 Å². The normalized spacial score (nSPS) is 18.6. The molecular weight excluding hydrogens is 296 g/mol. The highest BCUT2D eigenvalue weighted by Crippen LogP contribution is 2.50. The molecule has 1 aliphatic carbocycles. The summed E-state index contributed by atoms with van der Waals surface area (Å²) in [6.45, 7) is 5.18. The van der Waals surface area contributed by atoms with Gasteiger partial charge in [0.15, 0.2) is 11.5 Å². The molecule has 0 saturated heterocycles. The van der Waals surface area contributed by atoms with Crippen molar-refractivity contribution in [3.05, 3.63) is 23.8 Å². The van der Waals surface area contributed by atoms with Gasteiger partial charge < -0.3 is 25.2 Å². The molecule has 1 saturated carbocycles. The van der Waals surface area contributed by atoms with E-state index in [0.29, 0.717) is 18.8 Å². The van der Waals surface area contributed by atoms with Crippen LogP contribution in [0, 0.1) is 11.3 Å². The molecule has 1 aromatic rings. The van der Waals surface area contributed by atoms with Crippen molar-refractivity contribution in [3.8, 4) is 11.5 Å². The van der Waals surface area contributed by atoms with E-state index in [9.17, 15) is 9.90 Å². The lowest BCUT2D eigenvalue weighted by Crippen LogP contribution is -2.42. The van der Waals surface area contributed by atoms with Gasteiger partial charge in [0.2, 0.25) is 6.79 Å². The molecule has 3 N–H and O–H groups in total. The van der Waals surface area contributed by atoms with Crippen molar-refractivity contribution < 1.29 is 19.4 Å². The largest absolute Gasteiger partial charge is 0.454 e. The van der Waals surface area contributed by atoms with Crippen molar-refractivity contribution in [2.24, 2.45) is 11.3 Å². The summed E-state index contributed by atoms with van der Waals surface area (Å²) in [5.41, 5.74) is 0.817. The summed E-state index contributed by atoms with van der Waals surface area (Å²) in [7, 11) is 0. The lowest BCUT2D eigenvalue weighted by Gasteiger charge is -2.25. The summed E-state index contributed by atoms with van der Waals surface area (Å²) in [4.78, 5) is 12.0. The third-order valence-electron chi connectivity index (χ3n) is 4.64. The molecular formula is C17H24N2O4. The first-order chi connectivity index (χ1) is 11.0. The summed E-state index contributed by atoms with van der Waals surface area (Å²) in [6, 6.07) is 5.40. The van der Waals surface area contributed by atoms with Crippen LogP contribution in [0.1, 0.15) is 32.3 Å². The number of rotatable bonds is 6. The second kappa shape index (κ2) is 6.28. The van der Waals surface area contributed by atoms with E-state index in [1.54, 1.807) is 0 Å². The Morgan fingerprint density at radius 3 is 2.70 bits per heavy atom. The summed E-state index contributed by atoms with van der Waals surface area (Å²) in [5, 5.41) is 15.9. The summed E-state index contributed by atoms with van der Waals surface area (Å²) in [5.74, 6) is 1.65. The second-order valence-electron chi connectivity index (χ2n) is 6.78. The molecule has 1 atom stereocenters. The summed E-state index contributed by atoms with van der Waals surface area (Å²) < 4.78 is 10.6. The second-order valence-corrected chi connectivity index (χ2v) is 6.78. The van der Waals surface area contributed by atoms with E-state index in [1.165, 1.54) is 0 Å². The minimum absolute atomic E-state index is 0.135. The molecule has 3 rings (SSSR count). The summed E-state index contributed by atoms with van der Waals surface area (Å²) in [6.07, 6.45) is 1.57. The van der Waals surface area contributed by atoms with Gasteiger partial charge >= 0.3 is 6.03 Å². The van der Waals surface area contributed by atoms with E-state index in [2.05, 4.69) is 10.6 Å². The number of carbonyl (C=O) groups is 1. The topological polar surface area (TPSA) is 79.8 Å². The van der Waals surface area contributed by atoms with E-state index in [0.717, 1.165) is 24.2 Å². The van der Waals surface area contributed by atoms with E-state index in [4.69, 9.17) is 9.47 Å². The monoisotopic (exact) mass is 320 g/mol. The fourth-order valence-electron chi connectivity index (χ4n) is 3.00. The number of nitrogens with one attached hydrogen (secondary N) is 2. The lowest BCUT2D eigenvalue weighted by molar-refractivity contribution is 0.0515. The Morgan fingerprint density at radius 2 is 2.00 bits per heavy atom. The van der Waals surface area contributed by atoms with Crippen molar-refractivity contribution in [2.45, 2.75) is 39.3 Å². The molecule has 1 aromatic carbocycles. The van der Waals surface area contributed by atoms with Crippen molar-refractivity contribution in [2.75, 3.05) is 13.3 Å². The Labute approximate surface area is 136 Å². The van der Waals surface area contributed by atoms with E-state index < -0.39 is 0 Å². The van der Waals surface area contributed by atoms with Crippen LogP contribution in [0.2, 0.25) is 0 Å². The van der Waals surface area contributed by atoms with Crippen molar-refractivity contribution in [1.82, 2.24) is 10.6 Å². The maximum absolute atomic E-state index is 12.0. The third kappa shape index (κ3) is 3.52. The molecule has 2 amide bonds. The van der Waals surface area contributed by atoms with Gasteiger partial charge in [-0.15, -0.1) is 0 Å². The number of aliphatic hydroxyl groups excluding tert-OH is 1. The first-order valence-electron chi connectivity index (χ1n) is 8.08. The highest BCUT2D eigenvalue weighted by Gasteiger charge is 2.49. The van der Waals surface area contributed by atoms with Gasteiger partial charge in [0.1, 0.15) is 0 Å². The number of ether oxygens (including phenoxy) is 2. The smallest absolute Gasteiger partial charge is 0.315 e. The van der Waals surface area contributed by atoms with Crippen LogP contribution < -0.4 is 20.1 Å². The number of carbonyl (C=O) groups excluding carboxylic acids is 1. The van der Waals surface area contributed by atoms with Crippen LogP contribution in [0.25, 0.3) is 0 Å². The van der Waals surface area contributed by atoms with Gasteiger partial charge in [-0.1, -0.05) is 19.9 Å². The SMILES string of the molecule is CC(C)[C@H](O)C1(CNC(=O)NCc2ccc3c(c2)OCO3)CC1. The molecule has 1 aliphatic heterocycles. The number of amides is 2. The number of hydrogen-bond acceptors (Lipinski definition) is 4. The molecule has 0 radical (unpaired) electrons. The third-order valence-corrected chi connectivity index (χ3v) is 4.64. The number of benzene rings is 1. The highest BCUT2D eigenvalue weighted by molar-refractivity contribution is 5.74. The van der Waals surface area contributed by atoms with E-state index in [-0.39, 0.29) is 30.3 Å². The first kappa shape index (κ1) is 15.9. The number of aliphatic hydroxyl groups is 1. The molecule has 23 heavy (non-hydrogen) atoms. The molecule has 6 heteroatoms. The summed E-state index contributed by atoms with van der Waals surface area (Å²) >= 11 is 0. The van der Waals surface area contributed by atoms with Crippen LogP contribution in [0.5, 0.6) is 11.5 Å². The van der Waals surface area contributed by atoms with Crippen molar-refractivity contribution >= 4 is 6.03 Å². The van der Waals surface area contributed by atoms with Gasteiger partial charge in [-0.25, -0.2) is 4.79 Å². The average Bonchev–Trinajstić information content (AvgIpc) is 3.19. The zero-order chi connectivity index (χ0) is 16.4. The van der Waals surface area contributed by atoms with E-state index >= 15 is 0 Å². The Kier molecular flexibility index (Phi) is 4.35. The lowest BCUT2D eigenvalue weighted by atomic mass is 9.90. The Hall–Kier alpha value is -1.95. The van der Waals surface area contributed by atoms with Crippen molar-refractivity contribution in [3.63, 3.8) is 0 Å². The van der Waals surface area contributed by atoms with Gasteiger partial charge in [0, 0.05) is 18.5 Å². The van der Waals surface area contributed by atoms with Crippen LogP contribution in [0.15, 0.2) is 18.2 Å². The van der Waals surface area contributed by atoms with Crippen LogP contribution >= 0.6 is 0 Å². The Bertz CT molecular complexity index is 584. The number of fused-ring (bicyclic) bond motifs is 1. The molecule has 1 heterocycles. The maximum Gasteiger partial charge on any atom is 0.315 e. The minimum Gasteiger partial charge on any atom is -0.454 e. The Balaban J connectivity index is 1.45. The van der Waals surface area contributed by atoms with Gasteiger partial charge in [0.05, 0.1) is 6.10 Å². The quantitative estimate of drug-likeness (QED) is 0.749. The average molecular weight is 320 g/mol. The predicted molar refractivity (Wildman–Crippen MR) is 85.3 cm³/mol. The fourth-order valence-corrected chi connectivity index (χ4v) is 3.00. The van der Waals surface area contributed by atoms with Crippen molar-refractivity contribution in [1.29, 1.82) is 0 Å². The molecule has 0 unspecified atom stereocenters. The van der Waals surface area contributed by atoms with E-state index in [1.807, 2.05) is 32.0 Å². The molecule has 1 fully saturated rings. The zero-order valence-corrected chi connectivity index (χ0v) is 13.6. The molecule has 0 spiro atoms. The van der Waals surface area contributed by atoms with Crippen LogP contribution in [0.4, 0.5) is 4.79 Å². The van der Waals surface area contributed by atoms with Gasteiger partial charge in [0.25, 0.3) is 0 Å². The molecule has 0 aromatic heterocycles. The molecule has 126 valence electrons. The molecule has 0 bridgehead atoms. The molecule has 2 aliphatic rings. The molecule has 6 nitrogen and oxygen atoms in total. The number of urea groups is 1. The predicted octanol–water partition coefficient (Wildman–Crippen LogP) is 2.01. The van der Waals surface area contributed by atoms with Crippen LogP contribution in [-0.4, -0.2) is 30.6 Å². The van der Waals surface area contributed by atoms with Gasteiger partial charge in [-0.2, -0.15) is 0 Å². The zero-order valence-electron chi connectivity index (χ0n) is 13.6. The number of hydrogen-bond donors (Lipinski definition) is 3. The van der Waals surface area contributed by atoms with Gasteiger partial charge in [-0.3, -0.25) is 0 Å².